The zero-order valence-corrected chi connectivity index (χ0v) is 11.4. The van der Waals surface area contributed by atoms with Gasteiger partial charge in [0.1, 0.15) is 11.9 Å². The Morgan fingerprint density at radius 3 is 2.47 bits per heavy atom. The highest BCUT2D eigenvalue weighted by Gasteiger charge is 2.36. The molecule has 0 aromatic carbocycles. The number of ether oxygens (including phenoxy) is 1. The first-order valence-corrected chi connectivity index (χ1v) is 6.06. The molecule has 4 nitrogen and oxygen atoms in total. The summed E-state index contributed by atoms with van der Waals surface area (Å²) in [5, 5.41) is 0. The van der Waals surface area contributed by atoms with Crippen LogP contribution in [0.5, 0.6) is 0 Å². The molecule has 1 rings (SSSR count). The predicted molar refractivity (Wildman–Crippen MR) is 65.8 cm³/mol. The topological polar surface area (TPSA) is 46.6 Å². The van der Waals surface area contributed by atoms with Crippen LogP contribution in [0.25, 0.3) is 0 Å². The van der Waals surface area contributed by atoms with Crippen molar-refractivity contribution in [2.45, 2.75) is 46.6 Å². The number of hydrogen-bond donors (Lipinski definition) is 0. The summed E-state index contributed by atoms with van der Waals surface area (Å²) in [6, 6.07) is 0. The van der Waals surface area contributed by atoms with Gasteiger partial charge in [-0.3, -0.25) is 0 Å². The minimum atomic E-state index is -0.491. The summed E-state index contributed by atoms with van der Waals surface area (Å²) in [7, 11) is 0. The third-order valence-electron chi connectivity index (χ3n) is 2.73. The molecular formula is C13H23NO3. The summed E-state index contributed by atoms with van der Waals surface area (Å²) in [5.41, 5.74) is -0.518. The molecule has 0 radical (unpaired) electrons. The maximum atomic E-state index is 12.0. The Hall–Kier alpha value is -1.06. The van der Waals surface area contributed by atoms with Gasteiger partial charge in [-0.05, 0) is 32.6 Å². The number of carbonyl (C=O) groups excluding carboxylic acids is 2. The molecule has 1 aliphatic rings. The minimum absolute atomic E-state index is 0.0271. The van der Waals surface area contributed by atoms with E-state index in [4.69, 9.17) is 4.74 Å². The molecule has 0 bridgehead atoms. The van der Waals surface area contributed by atoms with Crippen molar-refractivity contribution in [3.63, 3.8) is 0 Å². The van der Waals surface area contributed by atoms with Gasteiger partial charge in [-0.1, -0.05) is 13.8 Å². The van der Waals surface area contributed by atoms with Crippen molar-refractivity contribution in [3.05, 3.63) is 0 Å². The lowest BCUT2D eigenvalue weighted by Gasteiger charge is -2.41. The molecule has 1 atom stereocenters. The van der Waals surface area contributed by atoms with Crippen LogP contribution >= 0.6 is 0 Å². The number of piperidine rings is 1. The largest absolute Gasteiger partial charge is 0.444 e. The van der Waals surface area contributed by atoms with Crippen LogP contribution in [0.2, 0.25) is 0 Å². The average molecular weight is 241 g/mol. The molecule has 0 aromatic heterocycles. The first-order chi connectivity index (χ1) is 7.63. The molecule has 98 valence electrons. The lowest BCUT2D eigenvalue weighted by molar-refractivity contribution is -0.114. The zero-order chi connectivity index (χ0) is 13.3. The van der Waals surface area contributed by atoms with Crippen LogP contribution in [-0.2, 0) is 9.53 Å². The van der Waals surface area contributed by atoms with Gasteiger partial charge < -0.3 is 14.4 Å². The van der Waals surface area contributed by atoms with Gasteiger partial charge in [-0.15, -0.1) is 0 Å². The van der Waals surface area contributed by atoms with Crippen LogP contribution < -0.4 is 0 Å². The number of carbonyl (C=O) groups is 2. The summed E-state index contributed by atoms with van der Waals surface area (Å²) in [5.74, 6) is -0.0775. The van der Waals surface area contributed by atoms with Gasteiger partial charge in [-0.2, -0.15) is 0 Å². The minimum Gasteiger partial charge on any atom is -0.444 e. The number of aldehydes is 1. The Bertz CT molecular complexity index is 304. The van der Waals surface area contributed by atoms with Crippen LogP contribution in [0.15, 0.2) is 0 Å². The summed E-state index contributed by atoms with van der Waals surface area (Å²) in [6.45, 7) is 10.8. The van der Waals surface area contributed by atoms with E-state index in [-0.39, 0.29) is 17.4 Å². The molecule has 1 aliphatic heterocycles. The van der Waals surface area contributed by atoms with E-state index >= 15 is 0 Å². The van der Waals surface area contributed by atoms with E-state index in [1.807, 2.05) is 20.8 Å². The molecule has 0 aliphatic carbocycles. The van der Waals surface area contributed by atoms with Gasteiger partial charge in [-0.25, -0.2) is 4.79 Å². The van der Waals surface area contributed by atoms with Crippen molar-refractivity contribution in [1.82, 2.24) is 4.90 Å². The molecular weight excluding hydrogens is 218 g/mol. The zero-order valence-electron chi connectivity index (χ0n) is 11.4. The Kier molecular flexibility index (Phi) is 3.84. The van der Waals surface area contributed by atoms with E-state index in [1.165, 1.54) is 0 Å². The van der Waals surface area contributed by atoms with Crippen molar-refractivity contribution in [3.8, 4) is 0 Å². The maximum Gasteiger partial charge on any atom is 0.410 e. The van der Waals surface area contributed by atoms with Gasteiger partial charge in [0, 0.05) is 19.0 Å². The molecule has 4 heteroatoms. The molecule has 0 saturated carbocycles. The fourth-order valence-electron chi connectivity index (χ4n) is 2.26. The first-order valence-electron chi connectivity index (χ1n) is 6.06. The molecule has 0 N–H and O–H groups in total. The molecule has 1 heterocycles. The van der Waals surface area contributed by atoms with Crippen molar-refractivity contribution >= 4 is 12.4 Å². The van der Waals surface area contributed by atoms with Crippen molar-refractivity contribution in [2.75, 3.05) is 13.1 Å². The smallest absolute Gasteiger partial charge is 0.410 e. The van der Waals surface area contributed by atoms with Gasteiger partial charge in [0.2, 0.25) is 0 Å². The first kappa shape index (κ1) is 14.0. The van der Waals surface area contributed by atoms with E-state index in [1.54, 1.807) is 4.90 Å². The summed E-state index contributed by atoms with van der Waals surface area (Å²) >= 11 is 0. The SMILES string of the molecule is CC1(C)CC(C=O)CN(C(=O)OC(C)(C)C)C1. The molecule has 1 unspecified atom stereocenters. The van der Waals surface area contributed by atoms with Gasteiger partial charge in [0.25, 0.3) is 0 Å². The standard InChI is InChI=1S/C13H23NO3/c1-12(2,3)17-11(16)14-7-10(8-15)6-13(4,5)9-14/h8,10H,6-7,9H2,1-5H3. The molecule has 0 aromatic rings. The van der Waals surface area contributed by atoms with E-state index in [9.17, 15) is 9.59 Å². The highest BCUT2D eigenvalue weighted by atomic mass is 16.6. The Morgan fingerprint density at radius 2 is 2.00 bits per heavy atom. The third kappa shape index (κ3) is 4.36. The Labute approximate surface area is 103 Å². The van der Waals surface area contributed by atoms with Crippen LogP contribution in [0.4, 0.5) is 4.79 Å². The van der Waals surface area contributed by atoms with Crippen LogP contribution in [-0.4, -0.2) is 36.0 Å². The van der Waals surface area contributed by atoms with Crippen molar-refractivity contribution < 1.29 is 14.3 Å². The lowest BCUT2D eigenvalue weighted by atomic mass is 9.79. The molecule has 1 fully saturated rings. The van der Waals surface area contributed by atoms with Crippen LogP contribution in [0.3, 0.4) is 0 Å². The maximum absolute atomic E-state index is 12.0. The lowest BCUT2D eigenvalue weighted by Crippen LogP contribution is -2.49. The van der Waals surface area contributed by atoms with E-state index in [0.29, 0.717) is 13.1 Å². The predicted octanol–water partition coefficient (Wildman–Crippen LogP) is 2.47. The normalized spacial score (nSPS) is 24.3. The number of hydrogen-bond acceptors (Lipinski definition) is 3. The van der Waals surface area contributed by atoms with Crippen LogP contribution in [0.1, 0.15) is 41.0 Å². The Morgan fingerprint density at radius 1 is 1.41 bits per heavy atom. The van der Waals surface area contributed by atoms with E-state index < -0.39 is 5.60 Å². The second kappa shape index (κ2) is 4.67. The van der Waals surface area contributed by atoms with E-state index in [2.05, 4.69) is 13.8 Å². The molecule has 0 spiro atoms. The van der Waals surface area contributed by atoms with E-state index in [0.717, 1.165) is 12.7 Å². The Balaban J connectivity index is 2.70. The average Bonchev–Trinajstić information content (AvgIpc) is 2.12. The number of rotatable bonds is 1. The highest BCUT2D eigenvalue weighted by Crippen LogP contribution is 2.32. The second-order valence-corrected chi connectivity index (χ2v) is 6.63. The fourth-order valence-corrected chi connectivity index (χ4v) is 2.26. The number of nitrogens with zero attached hydrogens (tertiary/aromatic N) is 1. The van der Waals surface area contributed by atoms with Gasteiger partial charge in [0.05, 0.1) is 0 Å². The van der Waals surface area contributed by atoms with Crippen molar-refractivity contribution in [1.29, 1.82) is 0 Å². The number of amides is 1. The summed E-state index contributed by atoms with van der Waals surface area (Å²) in [4.78, 5) is 24.5. The highest BCUT2D eigenvalue weighted by molar-refractivity contribution is 5.69. The monoisotopic (exact) mass is 241 g/mol. The quantitative estimate of drug-likeness (QED) is 0.662. The third-order valence-corrected chi connectivity index (χ3v) is 2.73. The summed E-state index contributed by atoms with van der Waals surface area (Å²) < 4.78 is 5.33. The van der Waals surface area contributed by atoms with Crippen molar-refractivity contribution in [2.24, 2.45) is 11.3 Å². The van der Waals surface area contributed by atoms with Gasteiger partial charge >= 0.3 is 6.09 Å². The molecule has 1 saturated heterocycles. The van der Waals surface area contributed by atoms with Crippen LogP contribution in [0, 0.1) is 11.3 Å². The second-order valence-electron chi connectivity index (χ2n) is 6.63. The van der Waals surface area contributed by atoms with Gasteiger partial charge in [0.15, 0.2) is 0 Å². The molecule has 17 heavy (non-hydrogen) atoms. The molecule has 1 amide bonds. The summed E-state index contributed by atoms with van der Waals surface area (Å²) in [6.07, 6.45) is 1.45. The number of likely N-dealkylation sites (tertiary alicyclic amines) is 1. The fraction of sp³-hybridized carbons (Fsp3) is 0.846.